The minimum absolute atomic E-state index is 0.0524. The minimum atomic E-state index is -0.211. The van der Waals surface area contributed by atoms with Crippen LogP contribution in [0.2, 0.25) is 0 Å². The van der Waals surface area contributed by atoms with Gasteiger partial charge in [0.25, 0.3) is 5.91 Å². The number of aromatic nitrogens is 1. The number of Topliss-reactive ketones (excluding diaryl/α,β-unsaturated/α-hetero) is 1. The van der Waals surface area contributed by atoms with Gasteiger partial charge in [0.05, 0.1) is 10.7 Å². The van der Waals surface area contributed by atoms with Gasteiger partial charge in [-0.1, -0.05) is 12.1 Å². The zero-order chi connectivity index (χ0) is 16.8. The molecule has 0 spiro atoms. The first-order valence-electron chi connectivity index (χ1n) is 7.39. The van der Waals surface area contributed by atoms with Crippen LogP contribution < -0.4 is 10.1 Å². The summed E-state index contributed by atoms with van der Waals surface area (Å²) in [5.74, 6) is 0.594. The van der Waals surface area contributed by atoms with Crippen LogP contribution in [0.5, 0.6) is 5.75 Å². The summed E-state index contributed by atoms with van der Waals surface area (Å²) in [6, 6.07) is 7.44. The number of rotatable bonds is 7. The number of carbonyl (C=O) groups is 2. The molecule has 122 valence electrons. The van der Waals surface area contributed by atoms with Crippen molar-refractivity contribution in [3.05, 3.63) is 40.5 Å². The fraction of sp³-hybridized carbons (Fsp3) is 0.353. The molecule has 1 amide bonds. The van der Waals surface area contributed by atoms with Crippen LogP contribution in [0, 0.1) is 13.8 Å². The number of thiazole rings is 1. The lowest BCUT2D eigenvalue weighted by atomic mass is 10.1. The number of ketones is 1. The van der Waals surface area contributed by atoms with Crippen LogP contribution in [0.25, 0.3) is 0 Å². The molecule has 0 saturated heterocycles. The molecular weight excluding hydrogens is 312 g/mol. The number of carbonyl (C=O) groups excluding carboxylic acids is 2. The molecule has 6 heteroatoms. The number of benzene rings is 1. The molecule has 2 aromatic rings. The number of nitrogens with zero attached hydrogens (tertiary/aromatic N) is 1. The van der Waals surface area contributed by atoms with Crippen LogP contribution in [0.1, 0.15) is 29.6 Å². The molecule has 5 nitrogen and oxygen atoms in total. The first-order valence-corrected chi connectivity index (χ1v) is 8.21. The molecule has 0 aliphatic heterocycles. The molecule has 2 rings (SSSR count). The van der Waals surface area contributed by atoms with Gasteiger partial charge < -0.3 is 14.8 Å². The van der Waals surface area contributed by atoms with E-state index in [0.717, 1.165) is 27.7 Å². The van der Waals surface area contributed by atoms with Gasteiger partial charge in [-0.3, -0.25) is 4.79 Å². The molecule has 0 radical (unpaired) electrons. The highest BCUT2D eigenvalue weighted by Gasteiger charge is 2.09. The molecule has 0 aliphatic rings. The van der Waals surface area contributed by atoms with E-state index in [1.54, 1.807) is 6.92 Å². The van der Waals surface area contributed by atoms with Crippen LogP contribution in [-0.4, -0.2) is 23.3 Å². The molecule has 23 heavy (non-hydrogen) atoms. The molecule has 0 bridgehead atoms. The van der Waals surface area contributed by atoms with E-state index in [1.165, 1.54) is 11.3 Å². The summed E-state index contributed by atoms with van der Waals surface area (Å²) in [4.78, 5) is 27.1. The fourth-order valence-electron chi connectivity index (χ4n) is 2.03. The van der Waals surface area contributed by atoms with Crippen molar-refractivity contribution in [2.45, 2.75) is 33.6 Å². The molecule has 0 unspecified atom stereocenters. The van der Waals surface area contributed by atoms with E-state index in [0.29, 0.717) is 12.2 Å². The Morgan fingerprint density at radius 3 is 2.48 bits per heavy atom. The van der Waals surface area contributed by atoms with Gasteiger partial charge in [-0.25, -0.2) is 4.98 Å². The molecule has 0 atom stereocenters. The monoisotopic (exact) mass is 332 g/mol. The summed E-state index contributed by atoms with van der Waals surface area (Å²) in [5.41, 5.74) is 1.89. The zero-order valence-corrected chi connectivity index (χ0v) is 14.3. The number of amides is 1. The molecule has 1 heterocycles. The topological polar surface area (TPSA) is 68.3 Å². The number of ether oxygens (including phenoxy) is 1. The van der Waals surface area contributed by atoms with Crippen molar-refractivity contribution in [3.63, 3.8) is 0 Å². The van der Waals surface area contributed by atoms with Crippen LogP contribution in [-0.2, 0) is 16.0 Å². The highest BCUT2D eigenvalue weighted by molar-refractivity contribution is 7.16. The number of hydrogen-bond acceptors (Lipinski definition) is 5. The predicted molar refractivity (Wildman–Crippen MR) is 91.2 cm³/mol. The van der Waals surface area contributed by atoms with Gasteiger partial charge in [-0.05, 0) is 44.9 Å². The average molecular weight is 332 g/mol. The van der Waals surface area contributed by atoms with Crippen LogP contribution in [0.4, 0.5) is 5.00 Å². The van der Waals surface area contributed by atoms with Gasteiger partial charge in [-0.2, -0.15) is 0 Å². The molecule has 1 N–H and O–H groups in total. The van der Waals surface area contributed by atoms with Crippen LogP contribution in [0.3, 0.4) is 0 Å². The van der Waals surface area contributed by atoms with Crippen molar-refractivity contribution >= 4 is 28.0 Å². The quantitative estimate of drug-likeness (QED) is 0.845. The molecular formula is C17H20N2O3S. The third-order valence-electron chi connectivity index (χ3n) is 3.22. The summed E-state index contributed by atoms with van der Waals surface area (Å²) in [6.07, 6.45) is 1.26. The van der Waals surface area contributed by atoms with E-state index in [1.807, 2.05) is 38.1 Å². The van der Waals surface area contributed by atoms with Crippen molar-refractivity contribution in [1.29, 1.82) is 0 Å². The lowest BCUT2D eigenvalue weighted by molar-refractivity contribution is -0.118. The van der Waals surface area contributed by atoms with Crippen molar-refractivity contribution < 1.29 is 14.3 Å². The van der Waals surface area contributed by atoms with E-state index < -0.39 is 0 Å². The third-order valence-corrected chi connectivity index (χ3v) is 4.20. The van der Waals surface area contributed by atoms with Gasteiger partial charge in [0, 0.05) is 6.42 Å². The summed E-state index contributed by atoms with van der Waals surface area (Å²) >= 11 is 1.45. The van der Waals surface area contributed by atoms with Gasteiger partial charge >= 0.3 is 0 Å². The lowest BCUT2D eigenvalue weighted by Gasteiger charge is -2.07. The van der Waals surface area contributed by atoms with E-state index in [-0.39, 0.29) is 18.3 Å². The Kier molecular flexibility index (Phi) is 5.87. The first kappa shape index (κ1) is 17.1. The van der Waals surface area contributed by atoms with Crippen molar-refractivity contribution in [2.75, 3.05) is 11.9 Å². The van der Waals surface area contributed by atoms with Gasteiger partial charge in [-0.15, -0.1) is 11.3 Å². The van der Waals surface area contributed by atoms with Gasteiger partial charge in [0.2, 0.25) is 0 Å². The highest BCUT2D eigenvalue weighted by atomic mass is 32.1. The van der Waals surface area contributed by atoms with E-state index in [2.05, 4.69) is 10.3 Å². The largest absolute Gasteiger partial charge is 0.484 e. The summed E-state index contributed by atoms with van der Waals surface area (Å²) in [7, 11) is 0. The van der Waals surface area contributed by atoms with Crippen molar-refractivity contribution in [1.82, 2.24) is 4.98 Å². The Hall–Kier alpha value is -2.21. The maximum atomic E-state index is 11.9. The smallest absolute Gasteiger partial charge is 0.262 e. The second kappa shape index (κ2) is 7.87. The fourth-order valence-corrected chi connectivity index (χ4v) is 2.87. The Bertz CT molecular complexity index is 692. The Morgan fingerprint density at radius 2 is 1.91 bits per heavy atom. The normalized spacial score (nSPS) is 10.4. The lowest BCUT2D eigenvalue weighted by Crippen LogP contribution is -2.20. The summed E-state index contributed by atoms with van der Waals surface area (Å²) < 4.78 is 5.47. The van der Waals surface area contributed by atoms with E-state index >= 15 is 0 Å². The predicted octanol–water partition coefficient (Wildman–Crippen LogP) is 3.30. The van der Waals surface area contributed by atoms with Crippen molar-refractivity contribution in [3.8, 4) is 5.75 Å². The number of hydrogen-bond donors (Lipinski definition) is 1. The van der Waals surface area contributed by atoms with E-state index in [9.17, 15) is 9.59 Å². The van der Waals surface area contributed by atoms with Gasteiger partial charge in [0.15, 0.2) is 6.61 Å². The van der Waals surface area contributed by atoms with Crippen LogP contribution in [0.15, 0.2) is 24.3 Å². The van der Waals surface area contributed by atoms with Crippen LogP contribution >= 0.6 is 11.3 Å². The number of anilines is 1. The Balaban J connectivity index is 1.82. The molecule has 0 saturated carbocycles. The Morgan fingerprint density at radius 1 is 1.22 bits per heavy atom. The standard InChI is InChI=1S/C17H20N2O3S/c1-11(20)4-5-14-6-8-15(9-7-14)22-10-16(21)19-17-12(2)18-13(3)23-17/h6-9H,4-5,10H2,1-3H3,(H,19,21). The second-order valence-corrected chi connectivity index (χ2v) is 6.53. The second-order valence-electron chi connectivity index (χ2n) is 5.33. The molecule has 0 fully saturated rings. The van der Waals surface area contributed by atoms with Crippen molar-refractivity contribution in [2.24, 2.45) is 0 Å². The third kappa shape index (κ3) is 5.49. The average Bonchev–Trinajstić information content (AvgIpc) is 2.81. The summed E-state index contributed by atoms with van der Waals surface area (Å²) in [5, 5.41) is 4.48. The summed E-state index contributed by atoms with van der Waals surface area (Å²) in [6.45, 7) is 5.29. The van der Waals surface area contributed by atoms with E-state index in [4.69, 9.17) is 4.74 Å². The first-order chi connectivity index (χ1) is 10.9. The highest BCUT2D eigenvalue weighted by Crippen LogP contribution is 2.23. The maximum absolute atomic E-state index is 11.9. The van der Waals surface area contributed by atoms with Gasteiger partial charge in [0.1, 0.15) is 16.5 Å². The zero-order valence-electron chi connectivity index (χ0n) is 13.5. The molecule has 0 aliphatic carbocycles. The Labute approximate surface area is 139 Å². The number of aryl methyl sites for hydroxylation is 3. The number of nitrogens with one attached hydrogen (secondary N) is 1. The minimum Gasteiger partial charge on any atom is -0.484 e. The maximum Gasteiger partial charge on any atom is 0.262 e. The molecule has 1 aromatic carbocycles. The molecule has 1 aromatic heterocycles. The SMILES string of the molecule is CC(=O)CCc1ccc(OCC(=O)Nc2sc(C)nc2C)cc1.